The Labute approximate surface area is 139 Å². The summed E-state index contributed by atoms with van der Waals surface area (Å²) >= 11 is 11.7. The lowest BCUT2D eigenvalue weighted by Crippen LogP contribution is -1.96. The predicted octanol–water partition coefficient (Wildman–Crippen LogP) is 5.20. The van der Waals surface area contributed by atoms with Gasteiger partial charge in [-0.2, -0.15) is 0 Å². The highest BCUT2D eigenvalue weighted by Gasteiger charge is 2.04. The van der Waals surface area contributed by atoms with Crippen LogP contribution >= 0.6 is 23.2 Å². The van der Waals surface area contributed by atoms with Gasteiger partial charge in [-0.15, -0.1) is 0 Å². The first-order chi connectivity index (χ1) is 10.6. The lowest BCUT2D eigenvalue weighted by Gasteiger charge is -2.04. The zero-order valence-corrected chi connectivity index (χ0v) is 13.5. The Balaban J connectivity index is 1.96. The van der Waals surface area contributed by atoms with Crippen LogP contribution in [0.4, 0.5) is 5.69 Å². The zero-order valence-electron chi connectivity index (χ0n) is 12.0. The first-order valence-electron chi connectivity index (χ1n) is 6.75. The first kappa shape index (κ1) is 16.4. The number of allylic oxidation sites excluding steroid dienone is 1. The molecule has 2 aromatic carbocycles. The van der Waals surface area contributed by atoms with Crippen LogP contribution < -0.4 is 10.1 Å². The molecular formula is C17H15Cl2NO2. The lowest BCUT2D eigenvalue weighted by molar-refractivity contribution is 0.104. The third kappa shape index (κ3) is 4.52. The van der Waals surface area contributed by atoms with Crippen LogP contribution in [0.5, 0.6) is 5.75 Å². The van der Waals surface area contributed by atoms with E-state index in [1.807, 2.05) is 31.2 Å². The van der Waals surface area contributed by atoms with E-state index in [1.54, 1.807) is 24.4 Å². The van der Waals surface area contributed by atoms with Gasteiger partial charge in [-0.1, -0.05) is 23.2 Å². The molecule has 3 nitrogen and oxygen atoms in total. The standard InChI is InChI=1S/C17H15Cl2NO2/c1-2-22-14-6-4-13(5-7-14)20-10-9-17(21)12-3-8-15(18)16(19)11-12/h3-11,20H,2H2,1H3/b10-9+. The Kier molecular flexibility index (Phi) is 5.87. The van der Waals surface area contributed by atoms with Crippen LogP contribution in [0.25, 0.3) is 0 Å². The second-order valence-corrected chi connectivity index (χ2v) is 5.24. The molecule has 0 atom stereocenters. The van der Waals surface area contributed by atoms with Gasteiger partial charge < -0.3 is 10.1 Å². The molecular weight excluding hydrogens is 321 g/mol. The Morgan fingerprint density at radius 2 is 1.86 bits per heavy atom. The molecule has 0 radical (unpaired) electrons. The van der Waals surface area contributed by atoms with E-state index < -0.39 is 0 Å². The zero-order chi connectivity index (χ0) is 15.9. The number of halogens is 2. The molecule has 0 amide bonds. The average Bonchev–Trinajstić information content (AvgIpc) is 2.52. The maximum Gasteiger partial charge on any atom is 0.187 e. The molecule has 5 heteroatoms. The van der Waals surface area contributed by atoms with E-state index in [4.69, 9.17) is 27.9 Å². The molecule has 0 aromatic heterocycles. The van der Waals surface area contributed by atoms with Gasteiger partial charge in [0.2, 0.25) is 0 Å². The molecule has 1 N–H and O–H groups in total. The summed E-state index contributed by atoms with van der Waals surface area (Å²) < 4.78 is 5.36. The Bertz CT molecular complexity index is 682. The normalized spacial score (nSPS) is 10.7. The van der Waals surface area contributed by atoms with Crippen molar-refractivity contribution in [3.8, 4) is 5.75 Å². The quantitative estimate of drug-likeness (QED) is 0.582. The summed E-state index contributed by atoms with van der Waals surface area (Å²) in [6.07, 6.45) is 3.02. The number of ether oxygens (including phenoxy) is 1. The van der Waals surface area contributed by atoms with Gasteiger partial charge in [0.25, 0.3) is 0 Å². The first-order valence-corrected chi connectivity index (χ1v) is 7.51. The van der Waals surface area contributed by atoms with Gasteiger partial charge in [0, 0.05) is 23.5 Å². The average molecular weight is 336 g/mol. The highest BCUT2D eigenvalue weighted by atomic mass is 35.5. The summed E-state index contributed by atoms with van der Waals surface area (Å²) in [5.41, 5.74) is 1.35. The van der Waals surface area contributed by atoms with Crippen LogP contribution in [0.3, 0.4) is 0 Å². The van der Waals surface area contributed by atoms with Gasteiger partial charge in [0.15, 0.2) is 5.78 Å². The summed E-state index contributed by atoms with van der Waals surface area (Å²) in [7, 11) is 0. The number of carbonyl (C=O) groups is 1. The third-order valence-corrected chi connectivity index (χ3v) is 3.59. The van der Waals surface area contributed by atoms with E-state index in [0.29, 0.717) is 22.2 Å². The molecule has 0 aliphatic carbocycles. The Morgan fingerprint density at radius 1 is 1.14 bits per heavy atom. The highest BCUT2D eigenvalue weighted by Crippen LogP contribution is 2.23. The van der Waals surface area contributed by atoms with Crippen molar-refractivity contribution < 1.29 is 9.53 Å². The number of benzene rings is 2. The van der Waals surface area contributed by atoms with E-state index in [-0.39, 0.29) is 5.78 Å². The molecule has 0 aliphatic heterocycles. The third-order valence-electron chi connectivity index (χ3n) is 2.85. The predicted molar refractivity (Wildman–Crippen MR) is 91.2 cm³/mol. The summed E-state index contributed by atoms with van der Waals surface area (Å²) in [4.78, 5) is 12.0. The number of nitrogens with one attached hydrogen (secondary N) is 1. The van der Waals surface area contributed by atoms with Crippen LogP contribution in [-0.2, 0) is 0 Å². The highest BCUT2D eigenvalue weighted by molar-refractivity contribution is 6.42. The maximum absolute atomic E-state index is 12.0. The van der Waals surface area contributed by atoms with Crippen LogP contribution in [-0.4, -0.2) is 12.4 Å². The molecule has 0 saturated carbocycles. The van der Waals surface area contributed by atoms with Crippen molar-refractivity contribution in [2.75, 3.05) is 11.9 Å². The summed E-state index contributed by atoms with van der Waals surface area (Å²) in [6, 6.07) is 12.3. The van der Waals surface area contributed by atoms with Gasteiger partial charge in [0.1, 0.15) is 5.75 Å². The fourth-order valence-corrected chi connectivity index (χ4v) is 2.07. The molecule has 0 bridgehead atoms. The molecule has 0 saturated heterocycles. The van der Waals surface area contributed by atoms with Gasteiger partial charge in [-0.05, 0) is 49.4 Å². The molecule has 22 heavy (non-hydrogen) atoms. The van der Waals surface area contributed by atoms with E-state index in [2.05, 4.69) is 5.32 Å². The van der Waals surface area contributed by atoms with Crippen molar-refractivity contribution in [1.82, 2.24) is 0 Å². The minimum atomic E-state index is -0.156. The maximum atomic E-state index is 12.0. The van der Waals surface area contributed by atoms with Crippen molar-refractivity contribution in [1.29, 1.82) is 0 Å². The van der Waals surface area contributed by atoms with Crippen LogP contribution in [0, 0.1) is 0 Å². The molecule has 114 valence electrons. The smallest absolute Gasteiger partial charge is 0.187 e. The van der Waals surface area contributed by atoms with E-state index >= 15 is 0 Å². The molecule has 2 rings (SSSR count). The van der Waals surface area contributed by atoms with Crippen molar-refractivity contribution in [3.05, 3.63) is 70.3 Å². The van der Waals surface area contributed by atoms with E-state index in [1.165, 1.54) is 6.08 Å². The van der Waals surface area contributed by atoms with Crippen LogP contribution in [0.15, 0.2) is 54.7 Å². The minimum absolute atomic E-state index is 0.156. The lowest BCUT2D eigenvalue weighted by atomic mass is 10.1. The van der Waals surface area contributed by atoms with Crippen molar-refractivity contribution in [2.45, 2.75) is 6.92 Å². The van der Waals surface area contributed by atoms with Gasteiger partial charge in [0.05, 0.1) is 16.7 Å². The minimum Gasteiger partial charge on any atom is -0.494 e. The second kappa shape index (κ2) is 7.87. The van der Waals surface area contributed by atoms with Crippen molar-refractivity contribution in [2.24, 2.45) is 0 Å². The molecule has 0 fully saturated rings. The van der Waals surface area contributed by atoms with E-state index in [9.17, 15) is 4.79 Å². The monoisotopic (exact) mass is 335 g/mol. The number of anilines is 1. The van der Waals surface area contributed by atoms with Crippen LogP contribution in [0.1, 0.15) is 17.3 Å². The van der Waals surface area contributed by atoms with Crippen molar-refractivity contribution in [3.63, 3.8) is 0 Å². The fourth-order valence-electron chi connectivity index (χ4n) is 1.77. The number of carbonyl (C=O) groups excluding carboxylic acids is 1. The van der Waals surface area contributed by atoms with Gasteiger partial charge in [-0.3, -0.25) is 4.79 Å². The number of hydrogen-bond acceptors (Lipinski definition) is 3. The summed E-state index contributed by atoms with van der Waals surface area (Å²) in [5.74, 6) is 0.654. The van der Waals surface area contributed by atoms with E-state index in [0.717, 1.165) is 11.4 Å². The summed E-state index contributed by atoms with van der Waals surface area (Å²) in [6.45, 7) is 2.56. The topological polar surface area (TPSA) is 38.3 Å². The fraction of sp³-hybridized carbons (Fsp3) is 0.118. The molecule has 0 heterocycles. The second-order valence-electron chi connectivity index (χ2n) is 4.43. The van der Waals surface area contributed by atoms with Crippen LogP contribution in [0.2, 0.25) is 10.0 Å². The number of rotatable bonds is 6. The Hall–Kier alpha value is -1.97. The summed E-state index contributed by atoms with van der Waals surface area (Å²) in [5, 5.41) is 3.81. The SMILES string of the molecule is CCOc1ccc(N/C=C/C(=O)c2ccc(Cl)c(Cl)c2)cc1. The van der Waals surface area contributed by atoms with Crippen molar-refractivity contribution >= 4 is 34.7 Å². The molecule has 0 spiro atoms. The molecule has 0 unspecified atom stereocenters. The van der Waals surface area contributed by atoms with Gasteiger partial charge in [-0.25, -0.2) is 0 Å². The largest absolute Gasteiger partial charge is 0.494 e. The van der Waals surface area contributed by atoms with Gasteiger partial charge >= 0.3 is 0 Å². The molecule has 2 aromatic rings. The number of ketones is 1. The number of hydrogen-bond donors (Lipinski definition) is 1. The Morgan fingerprint density at radius 3 is 2.50 bits per heavy atom. The molecule has 0 aliphatic rings.